The monoisotopic (exact) mass is 626 g/mol. The van der Waals surface area contributed by atoms with Crippen molar-refractivity contribution in [3.05, 3.63) is 181 Å². The van der Waals surface area contributed by atoms with E-state index in [-0.39, 0.29) is 5.41 Å². The van der Waals surface area contributed by atoms with Crippen LogP contribution in [-0.4, -0.2) is 9.97 Å². The highest BCUT2D eigenvalue weighted by Gasteiger charge is 2.36. The highest BCUT2D eigenvalue weighted by molar-refractivity contribution is 6.02. The van der Waals surface area contributed by atoms with Crippen molar-refractivity contribution in [1.29, 1.82) is 0 Å². The molecular formula is C47H34N2. The van der Waals surface area contributed by atoms with Gasteiger partial charge in [0, 0.05) is 22.1 Å². The first kappa shape index (κ1) is 29.1. The summed E-state index contributed by atoms with van der Waals surface area (Å²) in [6, 6.07) is 60.7. The van der Waals surface area contributed by atoms with Crippen molar-refractivity contribution in [2.75, 3.05) is 0 Å². The summed E-state index contributed by atoms with van der Waals surface area (Å²) in [5.74, 6) is 0.721. The molecule has 0 spiro atoms. The molecule has 1 aromatic heterocycles. The van der Waals surface area contributed by atoms with Crippen LogP contribution in [0.3, 0.4) is 0 Å². The highest BCUT2D eigenvalue weighted by atomic mass is 14.9. The fraction of sp³-hybridized carbons (Fsp3) is 0.0638. The molecule has 9 rings (SSSR count). The van der Waals surface area contributed by atoms with E-state index >= 15 is 0 Å². The third kappa shape index (κ3) is 5.05. The summed E-state index contributed by atoms with van der Waals surface area (Å²) in [6.07, 6.45) is 0. The first-order valence-corrected chi connectivity index (χ1v) is 16.9. The number of hydrogen-bond donors (Lipinski definition) is 0. The lowest BCUT2D eigenvalue weighted by atomic mass is 9.81. The second-order valence-electron chi connectivity index (χ2n) is 13.5. The smallest absolute Gasteiger partial charge is 0.160 e. The standard InChI is InChI=1S/C47H34N2/c1-47(2)41-26-24-31-13-9-10-22-39(31)45(41)40-25-23-37(29-42(40)47)35-19-11-18-34(27-35)36-20-12-21-38(28-36)44-30-43(32-14-5-3-6-15-32)48-46(49-44)33-16-7-4-8-17-33/h3-30H,1-2H3. The van der Waals surface area contributed by atoms with Crippen molar-refractivity contribution >= 4 is 10.8 Å². The van der Waals surface area contributed by atoms with Gasteiger partial charge in [-0.1, -0.05) is 159 Å². The van der Waals surface area contributed by atoms with Crippen LogP contribution in [0.2, 0.25) is 0 Å². The first-order chi connectivity index (χ1) is 24.0. The zero-order valence-corrected chi connectivity index (χ0v) is 27.6. The number of hydrogen-bond acceptors (Lipinski definition) is 2. The van der Waals surface area contributed by atoms with Crippen LogP contribution in [0.5, 0.6) is 0 Å². The second kappa shape index (κ2) is 11.5. The van der Waals surface area contributed by atoms with E-state index in [1.807, 2.05) is 24.3 Å². The van der Waals surface area contributed by atoms with Gasteiger partial charge in [-0.05, 0) is 79.5 Å². The third-order valence-electron chi connectivity index (χ3n) is 10.1. The predicted molar refractivity (Wildman–Crippen MR) is 204 cm³/mol. The van der Waals surface area contributed by atoms with E-state index in [0.717, 1.165) is 39.5 Å². The van der Waals surface area contributed by atoms with E-state index in [4.69, 9.17) is 9.97 Å². The molecule has 0 unspecified atom stereocenters. The van der Waals surface area contributed by atoms with Gasteiger partial charge in [0.15, 0.2) is 5.82 Å². The molecule has 1 aliphatic carbocycles. The maximum atomic E-state index is 5.07. The van der Waals surface area contributed by atoms with E-state index < -0.39 is 0 Å². The van der Waals surface area contributed by atoms with E-state index in [9.17, 15) is 0 Å². The highest BCUT2D eigenvalue weighted by Crippen LogP contribution is 2.52. The molecule has 0 radical (unpaired) electrons. The lowest BCUT2D eigenvalue weighted by molar-refractivity contribution is 0.661. The van der Waals surface area contributed by atoms with Gasteiger partial charge in [0.25, 0.3) is 0 Å². The van der Waals surface area contributed by atoms with Gasteiger partial charge in [-0.15, -0.1) is 0 Å². The van der Waals surface area contributed by atoms with E-state index in [2.05, 4.69) is 159 Å². The zero-order valence-electron chi connectivity index (χ0n) is 27.6. The van der Waals surface area contributed by atoms with Crippen molar-refractivity contribution in [3.63, 3.8) is 0 Å². The van der Waals surface area contributed by atoms with Crippen LogP contribution < -0.4 is 0 Å². The molecule has 232 valence electrons. The molecule has 49 heavy (non-hydrogen) atoms. The summed E-state index contributed by atoms with van der Waals surface area (Å²) < 4.78 is 0. The fourth-order valence-electron chi connectivity index (χ4n) is 7.49. The van der Waals surface area contributed by atoms with Crippen LogP contribution in [0.25, 0.3) is 78.1 Å². The molecule has 0 aliphatic heterocycles. The van der Waals surface area contributed by atoms with Crippen molar-refractivity contribution in [2.24, 2.45) is 0 Å². The number of aromatic nitrogens is 2. The molecule has 1 heterocycles. The van der Waals surface area contributed by atoms with Crippen molar-refractivity contribution < 1.29 is 0 Å². The van der Waals surface area contributed by atoms with Gasteiger partial charge in [-0.25, -0.2) is 9.97 Å². The third-order valence-corrected chi connectivity index (χ3v) is 10.1. The van der Waals surface area contributed by atoms with E-state index in [1.165, 1.54) is 49.7 Å². The quantitative estimate of drug-likeness (QED) is 0.190. The lowest BCUT2D eigenvalue weighted by Gasteiger charge is -2.22. The van der Waals surface area contributed by atoms with Crippen molar-refractivity contribution in [1.82, 2.24) is 9.97 Å². The minimum Gasteiger partial charge on any atom is -0.228 e. The summed E-state index contributed by atoms with van der Waals surface area (Å²) >= 11 is 0. The Hall–Kier alpha value is -6.12. The Labute approximate surface area is 287 Å². The molecule has 2 nitrogen and oxygen atoms in total. The first-order valence-electron chi connectivity index (χ1n) is 16.9. The maximum Gasteiger partial charge on any atom is 0.160 e. The van der Waals surface area contributed by atoms with Crippen LogP contribution in [0.1, 0.15) is 25.0 Å². The Morgan fingerprint density at radius 2 is 0.939 bits per heavy atom. The minimum atomic E-state index is -0.0780. The summed E-state index contributed by atoms with van der Waals surface area (Å²) in [5.41, 5.74) is 15.1. The Kier molecular flexibility index (Phi) is 6.84. The van der Waals surface area contributed by atoms with E-state index in [0.29, 0.717) is 0 Å². The summed E-state index contributed by atoms with van der Waals surface area (Å²) in [7, 11) is 0. The summed E-state index contributed by atoms with van der Waals surface area (Å²) in [4.78, 5) is 10.0. The van der Waals surface area contributed by atoms with Crippen LogP contribution in [0.4, 0.5) is 0 Å². The molecular weight excluding hydrogens is 593 g/mol. The second-order valence-corrected chi connectivity index (χ2v) is 13.5. The topological polar surface area (TPSA) is 25.8 Å². The Balaban J connectivity index is 1.10. The van der Waals surface area contributed by atoms with Gasteiger partial charge in [-0.3, -0.25) is 0 Å². The van der Waals surface area contributed by atoms with Crippen molar-refractivity contribution in [2.45, 2.75) is 19.3 Å². The molecule has 0 atom stereocenters. The van der Waals surface area contributed by atoms with Crippen LogP contribution in [0.15, 0.2) is 170 Å². The average molecular weight is 627 g/mol. The van der Waals surface area contributed by atoms with Crippen LogP contribution >= 0.6 is 0 Å². The van der Waals surface area contributed by atoms with Gasteiger partial charge in [0.2, 0.25) is 0 Å². The molecule has 0 saturated heterocycles. The number of fused-ring (bicyclic) bond motifs is 5. The molecule has 0 bridgehead atoms. The van der Waals surface area contributed by atoms with Crippen molar-refractivity contribution in [3.8, 4) is 67.3 Å². The van der Waals surface area contributed by atoms with Gasteiger partial charge < -0.3 is 0 Å². The lowest BCUT2D eigenvalue weighted by Crippen LogP contribution is -2.15. The van der Waals surface area contributed by atoms with Gasteiger partial charge in [-0.2, -0.15) is 0 Å². The largest absolute Gasteiger partial charge is 0.228 e. The molecule has 0 N–H and O–H groups in total. The molecule has 2 heteroatoms. The normalized spacial score (nSPS) is 12.9. The molecule has 0 saturated carbocycles. The Morgan fingerprint density at radius 3 is 1.65 bits per heavy atom. The van der Waals surface area contributed by atoms with Gasteiger partial charge >= 0.3 is 0 Å². The molecule has 1 aliphatic rings. The molecule has 0 amide bonds. The van der Waals surface area contributed by atoms with E-state index in [1.54, 1.807) is 0 Å². The Bertz CT molecular complexity index is 2450. The molecule has 0 fully saturated rings. The summed E-state index contributed by atoms with van der Waals surface area (Å²) in [5, 5.41) is 2.62. The van der Waals surface area contributed by atoms with Gasteiger partial charge in [0.1, 0.15) is 0 Å². The number of nitrogens with zero attached hydrogens (tertiary/aromatic N) is 2. The van der Waals surface area contributed by atoms with Crippen LogP contribution in [-0.2, 0) is 5.41 Å². The van der Waals surface area contributed by atoms with Gasteiger partial charge in [0.05, 0.1) is 11.4 Å². The average Bonchev–Trinajstić information content (AvgIpc) is 3.41. The zero-order chi connectivity index (χ0) is 33.0. The predicted octanol–water partition coefficient (Wildman–Crippen LogP) is 12.3. The summed E-state index contributed by atoms with van der Waals surface area (Å²) in [6.45, 7) is 4.72. The Morgan fingerprint density at radius 1 is 0.388 bits per heavy atom. The fourth-order valence-corrected chi connectivity index (χ4v) is 7.49. The van der Waals surface area contributed by atoms with Crippen LogP contribution in [0, 0.1) is 0 Å². The molecule has 7 aromatic carbocycles. The number of benzene rings is 7. The SMILES string of the molecule is CC1(C)c2cc(-c3cccc(-c4cccc(-c5cc(-c6ccccc6)nc(-c6ccccc6)n5)c4)c3)ccc2-c2c1ccc1ccccc21. The number of rotatable bonds is 5. The minimum absolute atomic E-state index is 0.0780. The molecule has 8 aromatic rings. The maximum absolute atomic E-state index is 5.07.